The van der Waals surface area contributed by atoms with Gasteiger partial charge >= 0.3 is 14.5 Å². The molecule has 0 aromatic heterocycles. The van der Waals surface area contributed by atoms with Gasteiger partial charge in [0, 0.05) is 0 Å². The lowest BCUT2D eigenvalue weighted by molar-refractivity contribution is 0.366. The van der Waals surface area contributed by atoms with Gasteiger partial charge in [-0.1, -0.05) is 99.8 Å². The largest absolute Gasteiger partial charge is 0.673 e. The Hall–Kier alpha value is 0.430. The summed E-state index contributed by atoms with van der Waals surface area (Å²) in [5, 5.41) is 1.14. The van der Waals surface area contributed by atoms with Crippen LogP contribution in [0.1, 0.15) is 135 Å². The van der Waals surface area contributed by atoms with Gasteiger partial charge in [-0.2, -0.15) is 0 Å². The van der Waals surface area contributed by atoms with Gasteiger partial charge in [-0.25, -0.2) is 0 Å². The minimum atomic E-state index is -6.00. The van der Waals surface area contributed by atoms with Crippen molar-refractivity contribution in [3.8, 4) is 0 Å². The topological polar surface area (TPSA) is 0 Å². The predicted molar refractivity (Wildman–Crippen MR) is 151 cm³/mol. The van der Waals surface area contributed by atoms with Gasteiger partial charge in [0.15, 0.2) is 0 Å². The monoisotopic (exact) mass is 596 g/mol. The molecule has 0 saturated heterocycles. The van der Waals surface area contributed by atoms with E-state index in [0.717, 1.165) is 5.40 Å². The molecule has 0 radical (unpaired) electrons. The Kier molecular flexibility index (Phi) is 15.9. The van der Waals surface area contributed by atoms with Crippen LogP contribution in [0.5, 0.6) is 0 Å². The molecule has 38 heavy (non-hydrogen) atoms. The SMILES string of the molecule is CC(P(C1CCCCC1)C1CCCCC1)P(C1CCCCC1)C1CCCCC1.F[B-](F)(F)F.F[B-](F)(F)F. The molecular weight excluding hydrogens is 548 g/mol. The Bertz CT molecular complexity index is 513. The summed E-state index contributed by atoms with van der Waals surface area (Å²) in [5.74, 6) is 0. The summed E-state index contributed by atoms with van der Waals surface area (Å²) in [6.07, 6.45) is 31.6. The highest BCUT2D eigenvalue weighted by Gasteiger charge is 2.42. The van der Waals surface area contributed by atoms with Gasteiger partial charge in [0.05, 0.1) is 0 Å². The molecule has 0 spiro atoms. The summed E-state index contributed by atoms with van der Waals surface area (Å²) in [6, 6.07) is 0. The van der Waals surface area contributed by atoms with Crippen LogP contribution in [-0.4, -0.2) is 42.5 Å². The summed E-state index contributed by atoms with van der Waals surface area (Å²) in [6.45, 7) is 2.85. The van der Waals surface area contributed by atoms with E-state index in [-0.39, 0.29) is 15.8 Å². The van der Waals surface area contributed by atoms with Crippen molar-refractivity contribution in [1.29, 1.82) is 0 Å². The molecule has 0 bridgehead atoms. The van der Waals surface area contributed by atoms with E-state index >= 15 is 0 Å². The molecule has 0 aromatic rings. The third-order valence-electron chi connectivity index (χ3n) is 8.85. The van der Waals surface area contributed by atoms with E-state index in [1.165, 1.54) is 22.6 Å². The molecule has 0 unspecified atom stereocenters. The average molecular weight is 596 g/mol. The van der Waals surface area contributed by atoms with E-state index in [1.54, 1.807) is 128 Å². The molecule has 4 aliphatic carbocycles. The van der Waals surface area contributed by atoms with Crippen LogP contribution in [0.15, 0.2) is 0 Å². The third-order valence-corrected chi connectivity index (χ3v) is 17.6. The van der Waals surface area contributed by atoms with Gasteiger partial charge in [-0.05, 0) is 79.4 Å². The van der Waals surface area contributed by atoms with E-state index in [2.05, 4.69) is 6.92 Å². The van der Waals surface area contributed by atoms with Crippen molar-refractivity contribution in [3.05, 3.63) is 0 Å². The molecule has 4 rings (SSSR count). The van der Waals surface area contributed by atoms with Crippen molar-refractivity contribution in [2.45, 2.75) is 163 Å². The first-order chi connectivity index (χ1) is 17.8. The van der Waals surface area contributed by atoms with Gasteiger partial charge in [0.1, 0.15) is 0 Å². The molecule has 0 aromatic carbocycles. The highest BCUT2D eigenvalue weighted by molar-refractivity contribution is 7.77. The lowest BCUT2D eigenvalue weighted by Crippen LogP contribution is -2.30. The highest BCUT2D eigenvalue weighted by atomic mass is 31.2. The molecule has 0 atom stereocenters. The van der Waals surface area contributed by atoms with E-state index in [4.69, 9.17) is 0 Å². The quantitative estimate of drug-likeness (QED) is 0.163. The molecule has 0 N–H and O–H groups in total. The number of hydrogen-bond donors (Lipinski definition) is 0. The number of halogens is 8. The standard InChI is InChI=1S/C26H48P2.2BF4/c1-22(27(23-14-6-2-7-15-23)24-16-8-3-9-17-24)28(25-18-10-4-11-19-25)26-20-12-5-13-21-26;2*2-1(3,4)5/h22-26H,2-21H2,1H3;;/q;2*-1. The van der Waals surface area contributed by atoms with Crippen LogP contribution in [0.4, 0.5) is 34.5 Å². The first-order valence-electron chi connectivity index (χ1n) is 15.1. The molecule has 0 heterocycles. The first kappa shape index (κ1) is 34.6. The number of rotatable bonds is 6. The smallest absolute Gasteiger partial charge is 0.418 e. The minimum Gasteiger partial charge on any atom is -0.418 e. The van der Waals surface area contributed by atoms with Crippen LogP contribution >= 0.6 is 15.8 Å². The zero-order valence-electron chi connectivity index (χ0n) is 23.1. The van der Waals surface area contributed by atoms with Crippen LogP contribution in [0.2, 0.25) is 0 Å². The van der Waals surface area contributed by atoms with Crippen molar-refractivity contribution in [2.75, 3.05) is 0 Å². The molecule has 4 aliphatic rings. The lowest BCUT2D eigenvalue weighted by Gasteiger charge is -2.49. The van der Waals surface area contributed by atoms with E-state index in [0.29, 0.717) is 0 Å². The molecule has 4 saturated carbocycles. The maximum Gasteiger partial charge on any atom is 0.673 e. The molecule has 12 heteroatoms. The first-order valence-corrected chi connectivity index (χ1v) is 18.2. The van der Waals surface area contributed by atoms with E-state index in [9.17, 15) is 34.5 Å². The fraction of sp³-hybridized carbons (Fsp3) is 1.00. The van der Waals surface area contributed by atoms with Gasteiger partial charge in [-0.15, -0.1) is 0 Å². The van der Waals surface area contributed by atoms with E-state index < -0.39 is 14.5 Å². The van der Waals surface area contributed by atoms with Crippen molar-refractivity contribution in [3.63, 3.8) is 0 Å². The summed E-state index contributed by atoms with van der Waals surface area (Å²) in [4.78, 5) is 0. The van der Waals surface area contributed by atoms with Crippen LogP contribution in [-0.2, 0) is 0 Å². The summed E-state index contributed by atoms with van der Waals surface area (Å²) < 4.78 is 78.0. The Morgan fingerprint density at radius 1 is 0.395 bits per heavy atom. The summed E-state index contributed by atoms with van der Waals surface area (Å²) >= 11 is 0. The maximum atomic E-state index is 9.75. The Morgan fingerprint density at radius 2 is 0.553 bits per heavy atom. The second-order valence-corrected chi connectivity index (χ2v) is 18.3. The second kappa shape index (κ2) is 17.4. The zero-order valence-corrected chi connectivity index (χ0v) is 24.9. The summed E-state index contributed by atoms with van der Waals surface area (Å²) in [5.41, 5.74) is 4.66. The number of hydrogen-bond acceptors (Lipinski definition) is 0. The highest BCUT2D eigenvalue weighted by Crippen LogP contribution is 2.72. The normalized spacial score (nSPS) is 23.7. The second-order valence-electron chi connectivity index (χ2n) is 11.7. The lowest BCUT2D eigenvalue weighted by atomic mass is 9.99. The van der Waals surface area contributed by atoms with Crippen molar-refractivity contribution in [2.24, 2.45) is 0 Å². The molecule has 226 valence electrons. The fourth-order valence-electron chi connectivity index (χ4n) is 7.49. The maximum absolute atomic E-state index is 9.75. The van der Waals surface area contributed by atoms with Crippen LogP contribution < -0.4 is 0 Å². The van der Waals surface area contributed by atoms with Gasteiger partial charge in [0.2, 0.25) is 0 Å². The van der Waals surface area contributed by atoms with Gasteiger partial charge in [0.25, 0.3) is 0 Å². The van der Waals surface area contributed by atoms with Gasteiger partial charge < -0.3 is 34.5 Å². The van der Waals surface area contributed by atoms with Crippen LogP contribution in [0.3, 0.4) is 0 Å². The van der Waals surface area contributed by atoms with Crippen molar-refractivity contribution >= 4 is 30.4 Å². The average Bonchev–Trinajstić information content (AvgIpc) is 2.85. The molecule has 0 amide bonds. The molecular formula is C26H48B2F8P2-2. The zero-order chi connectivity index (χ0) is 28.2. The fourth-order valence-corrected chi connectivity index (χ4v) is 18.5. The van der Waals surface area contributed by atoms with Crippen LogP contribution in [0, 0.1) is 0 Å². The van der Waals surface area contributed by atoms with E-state index in [1.807, 2.05) is 0 Å². The Labute approximate surface area is 228 Å². The minimum absolute atomic E-state index is 0.282. The molecule has 0 aliphatic heterocycles. The van der Waals surface area contributed by atoms with Crippen molar-refractivity contribution in [1.82, 2.24) is 0 Å². The Morgan fingerprint density at radius 3 is 0.711 bits per heavy atom. The van der Waals surface area contributed by atoms with Gasteiger partial charge in [-0.3, -0.25) is 0 Å². The van der Waals surface area contributed by atoms with Crippen LogP contribution in [0.25, 0.3) is 0 Å². The molecule has 0 nitrogen and oxygen atoms in total. The van der Waals surface area contributed by atoms with Crippen molar-refractivity contribution < 1.29 is 34.5 Å². The Balaban J connectivity index is 0.000000435. The molecule has 4 fully saturated rings. The predicted octanol–water partition coefficient (Wildman–Crippen LogP) is 12.2. The summed E-state index contributed by atoms with van der Waals surface area (Å²) in [7, 11) is -11.4. The third kappa shape index (κ3) is 14.4.